The summed E-state index contributed by atoms with van der Waals surface area (Å²) in [5.41, 5.74) is 4.80. The maximum absolute atomic E-state index is 13.1. The van der Waals surface area contributed by atoms with E-state index in [-0.39, 0.29) is 11.3 Å². The maximum atomic E-state index is 13.1. The Morgan fingerprint density at radius 1 is 1.03 bits per heavy atom. The van der Waals surface area contributed by atoms with E-state index in [0.717, 1.165) is 22.4 Å². The van der Waals surface area contributed by atoms with E-state index in [1.54, 1.807) is 20.4 Å². The topological polar surface area (TPSA) is 77.8 Å². The normalized spacial score (nSPS) is 11.5. The van der Waals surface area contributed by atoms with E-state index in [2.05, 4.69) is 36.1 Å². The molecule has 33 heavy (non-hydrogen) atoms. The number of imidazole rings is 1. The van der Waals surface area contributed by atoms with E-state index < -0.39 is 0 Å². The van der Waals surface area contributed by atoms with Crippen LogP contribution in [-0.2, 0) is 5.41 Å². The minimum Gasteiger partial charge on any atom is -0.493 e. The van der Waals surface area contributed by atoms with Crippen molar-refractivity contribution in [1.82, 2.24) is 14.4 Å². The first kappa shape index (κ1) is 22.3. The zero-order chi connectivity index (χ0) is 23.8. The predicted octanol–water partition coefficient (Wildman–Crippen LogP) is 5.27. The van der Waals surface area contributed by atoms with Crippen molar-refractivity contribution in [2.75, 3.05) is 19.5 Å². The smallest absolute Gasteiger partial charge is 0.256 e. The standard InChI is InChI=1S/C26H28N4O3/c1-16-19(17-10-11-21(32-5)22(12-17)33-6)8-7-9-20(16)24(31)28-18-13-27-25-29-23(26(2,3)4)15-30(25)14-18/h7-15H,1-6H3,(H,28,31). The van der Waals surface area contributed by atoms with Crippen LogP contribution < -0.4 is 14.8 Å². The molecule has 2 aromatic carbocycles. The number of ether oxygens (including phenoxy) is 2. The number of benzene rings is 2. The van der Waals surface area contributed by atoms with Crippen molar-refractivity contribution in [3.8, 4) is 22.6 Å². The van der Waals surface area contributed by atoms with Gasteiger partial charge in [-0.2, -0.15) is 0 Å². The summed E-state index contributed by atoms with van der Waals surface area (Å²) in [7, 11) is 3.21. The Labute approximate surface area is 193 Å². The van der Waals surface area contributed by atoms with E-state index in [0.29, 0.717) is 28.5 Å². The minimum atomic E-state index is -0.202. The van der Waals surface area contributed by atoms with Gasteiger partial charge < -0.3 is 14.8 Å². The summed E-state index contributed by atoms with van der Waals surface area (Å²) in [5, 5.41) is 2.96. The van der Waals surface area contributed by atoms with Crippen molar-refractivity contribution < 1.29 is 14.3 Å². The average Bonchev–Trinajstić information content (AvgIpc) is 3.23. The highest BCUT2D eigenvalue weighted by Crippen LogP contribution is 2.34. The second-order valence-electron chi connectivity index (χ2n) is 8.93. The maximum Gasteiger partial charge on any atom is 0.256 e. The molecule has 1 amide bonds. The molecule has 0 saturated heterocycles. The molecule has 7 nitrogen and oxygen atoms in total. The molecule has 0 unspecified atom stereocenters. The Morgan fingerprint density at radius 2 is 1.79 bits per heavy atom. The van der Waals surface area contributed by atoms with Gasteiger partial charge in [0.1, 0.15) is 0 Å². The molecule has 4 rings (SSSR count). The second kappa shape index (κ2) is 8.58. The van der Waals surface area contributed by atoms with Crippen LogP contribution in [0.5, 0.6) is 11.5 Å². The Hall–Kier alpha value is -3.87. The number of anilines is 1. The highest BCUT2D eigenvalue weighted by molar-refractivity contribution is 6.06. The van der Waals surface area contributed by atoms with Crippen molar-refractivity contribution in [2.24, 2.45) is 0 Å². The van der Waals surface area contributed by atoms with E-state index in [9.17, 15) is 4.79 Å². The fourth-order valence-corrected chi connectivity index (χ4v) is 3.71. The minimum absolute atomic E-state index is 0.0845. The summed E-state index contributed by atoms with van der Waals surface area (Å²) in [5.74, 6) is 1.69. The van der Waals surface area contributed by atoms with Gasteiger partial charge in [-0.1, -0.05) is 39.0 Å². The predicted molar refractivity (Wildman–Crippen MR) is 129 cm³/mol. The molecule has 0 bridgehead atoms. The lowest BCUT2D eigenvalue weighted by Gasteiger charge is -2.14. The molecule has 2 heterocycles. The van der Waals surface area contributed by atoms with Crippen LogP contribution in [0.15, 0.2) is 55.0 Å². The summed E-state index contributed by atoms with van der Waals surface area (Å²) in [6, 6.07) is 11.4. The number of methoxy groups -OCH3 is 2. The number of hydrogen-bond donors (Lipinski definition) is 1. The average molecular weight is 445 g/mol. The van der Waals surface area contributed by atoms with Gasteiger partial charge >= 0.3 is 0 Å². The fourth-order valence-electron chi connectivity index (χ4n) is 3.71. The van der Waals surface area contributed by atoms with Crippen LogP contribution >= 0.6 is 0 Å². The van der Waals surface area contributed by atoms with E-state index >= 15 is 0 Å². The summed E-state index contributed by atoms with van der Waals surface area (Å²) in [6.07, 6.45) is 5.40. The molecule has 2 aromatic heterocycles. The van der Waals surface area contributed by atoms with Gasteiger partial charge in [-0.15, -0.1) is 0 Å². The number of nitrogens with one attached hydrogen (secondary N) is 1. The van der Waals surface area contributed by atoms with Crippen LogP contribution in [-0.4, -0.2) is 34.5 Å². The quantitative estimate of drug-likeness (QED) is 0.454. The zero-order valence-corrected chi connectivity index (χ0v) is 19.8. The van der Waals surface area contributed by atoms with Gasteiger partial charge in [-0.05, 0) is 41.8 Å². The van der Waals surface area contributed by atoms with Crippen molar-refractivity contribution in [1.29, 1.82) is 0 Å². The molecule has 0 atom stereocenters. The van der Waals surface area contributed by atoms with Gasteiger partial charge in [0.15, 0.2) is 11.5 Å². The number of carbonyl (C=O) groups is 1. The van der Waals surface area contributed by atoms with Gasteiger partial charge in [-0.25, -0.2) is 9.97 Å². The lowest BCUT2D eigenvalue weighted by molar-refractivity contribution is 0.102. The number of amides is 1. The first-order valence-electron chi connectivity index (χ1n) is 10.7. The van der Waals surface area contributed by atoms with Crippen molar-refractivity contribution in [3.05, 3.63) is 71.8 Å². The Bertz CT molecular complexity index is 1340. The van der Waals surface area contributed by atoms with Gasteiger partial charge in [0.25, 0.3) is 5.91 Å². The van der Waals surface area contributed by atoms with Gasteiger partial charge in [0.2, 0.25) is 5.78 Å². The van der Waals surface area contributed by atoms with Crippen molar-refractivity contribution in [2.45, 2.75) is 33.1 Å². The molecule has 0 fully saturated rings. The lowest BCUT2D eigenvalue weighted by atomic mass is 9.93. The first-order chi connectivity index (χ1) is 15.7. The summed E-state index contributed by atoms with van der Waals surface area (Å²) in [6.45, 7) is 8.25. The van der Waals surface area contributed by atoms with E-state index in [1.165, 1.54) is 0 Å². The van der Waals surface area contributed by atoms with Gasteiger partial charge in [0.05, 0.1) is 31.8 Å². The second-order valence-corrected chi connectivity index (χ2v) is 8.93. The molecule has 0 spiro atoms. The molecule has 0 aliphatic rings. The zero-order valence-electron chi connectivity index (χ0n) is 19.8. The number of rotatable bonds is 5. The molecule has 170 valence electrons. The van der Waals surface area contributed by atoms with Crippen LogP contribution in [0.25, 0.3) is 16.9 Å². The monoisotopic (exact) mass is 444 g/mol. The number of aromatic nitrogens is 3. The van der Waals surface area contributed by atoms with Crippen molar-refractivity contribution >= 4 is 17.4 Å². The number of fused-ring (bicyclic) bond motifs is 1. The lowest BCUT2D eigenvalue weighted by Crippen LogP contribution is -2.14. The van der Waals surface area contributed by atoms with Crippen molar-refractivity contribution in [3.63, 3.8) is 0 Å². The Balaban J connectivity index is 1.63. The van der Waals surface area contributed by atoms with Gasteiger partial charge in [-0.3, -0.25) is 9.20 Å². The summed E-state index contributed by atoms with van der Waals surface area (Å²) < 4.78 is 12.6. The first-order valence-corrected chi connectivity index (χ1v) is 10.7. The molecule has 7 heteroatoms. The fraction of sp³-hybridized carbons (Fsp3) is 0.269. The Morgan fingerprint density at radius 3 is 2.48 bits per heavy atom. The summed E-state index contributed by atoms with van der Waals surface area (Å²) >= 11 is 0. The number of nitrogens with zero attached hydrogens (tertiary/aromatic N) is 3. The van der Waals surface area contributed by atoms with Crippen LogP contribution in [0.2, 0.25) is 0 Å². The van der Waals surface area contributed by atoms with Crippen LogP contribution in [0, 0.1) is 6.92 Å². The molecule has 4 aromatic rings. The molecular formula is C26H28N4O3. The van der Waals surface area contributed by atoms with E-state index in [1.807, 2.05) is 60.1 Å². The molecule has 0 radical (unpaired) electrons. The highest BCUT2D eigenvalue weighted by Gasteiger charge is 2.19. The number of hydrogen-bond acceptors (Lipinski definition) is 5. The third kappa shape index (κ3) is 4.39. The summed E-state index contributed by atoms with van der Waals surface area (Å²) in [4.78, 5) is 22.1. The third-order valence-corrected chi connectivity index (χ3v) is 5.61. The largest absolute Gasteiger partial charge is 0.493 e. The van der Waals surface area contributed by atoms with Gasteiger partial charge in [0, 0.05) is 23.4 Å². The van der Waals surface area contributed by atoms with E-state index in [4.69, 9.17) is 9.47 Å². The van der Waals surface area contributed by atoms with Crippen LogP contribution in [0.3, 0.4) is 0 Å². The highest BCUT2D eigenvalue weighted by atomic mass is 16.5. The third-order valence-electron chi connectivity index (χ3n) is 5.61. The molecule has 0 saturated carbocycles. The molecule has 0 aliphatic heterocycles. The molecule has 0 aliphatic carbocycles. The number of carbonyl (C=O) groups excluding carboxylic acids is 1. The SMILES string of the molecule is COc1ccc(-c2cccc(C(=O)Nc3cnc4nc(C(C)(C)C)cn4c3)c2C)cc1OC. The van der Waals surface area contributed by atoms with Crippen LogP contribution in [0.1, 0.15) is 42.4 Å². The Kier molecular flexibility index (Phi) is 5.80. The van der Waals surface area contributed by atoms with Crippen LogP contribution in [0.4, 0.5) is 5.69 Å². The molecular weight excluding hydrogens is 416 g/mol. The molecule has 1 N–H and O–H groups in total.